The number of halogens is 1. The summed E-state index contributed by atoms with van der Waals surface area (Å²) in [5.41, 5.74) is -0.740. The Morgan fingerprint density at radius 1 is 1.50 bits per heavy atom. The molecule has 0 saturated carbocycles. The van der Waals surface area contributed by atoms with Crippen molar-refractivity contribution in [2.24, 2.45) is 0 Å². The van der Waals surface area contributed by atoms with Crippen molar-refractivity contribution in [3.05, 3.63) is 34.1 Å². The summed E-state index contributed by atoms with van der Waals surface area (Å²) < 4.78 is 39.1. The van der Waals surface area contributed by atoms with E-state index in [2.05, 4.69) is 5.32 Å². The monoisotopic (exact) mass is 303 g/mol. The Morgan fingerprint density at radius 3 is 2.80 bits per heavy atom. The van der Waals surface area contributed by atoms with Gasteiger partial charge in [-0.1, -0.05) is 0 Å². The van der Waals surface area contributed by atoms with Crippen molar-refractivity contribution in [1.82, 2.24) is 9.62 Å². The lowest BCUT2D eigenvalue weighted by molar-refractivity contribution is -0.388. The molecule has 0 amide bonds. The predicted molar refractivity (Wildman–Crippen MR) is 69.3 cm³/mol. The van der Waals surface area contributed by atoms with Crippen LogP contribution in [0.5, 0.6) is 0 Å². The Kier molecular flexibility index (Phi) is 4.02. The number of hydrogen-bond acceptors (Lipinski definition) is 5. The summed E-state index contributed by atoms with van der Waals surface area (Å²) in [6, 6.07) is 2.43. The van der Waals surface area contributed by atoms with E-state index in [0.29, 0.717) is 12.6 Å². The topological polar surface area (TPSA) is 92.5 Å². The van der Waals surface area contributed by atoms with Crippen LogP contribution in [0.1, 0.15) is 6.92 Å². The lowest BCUT2D eigenvalue weighted by atomic mass is 10.3. The molecule has 1 atom stereocenters. The average molecular weight is 303 g/mol. The van der Waals surface area contributed by atoms with Gasteiger partial charge in [-0.2, -0.15) is 4.31 Å². The first kappa shape index (κ1) is 14.8. The molecule has 1 fully saturated rings. The minimum atomic E-state index is -4.00. The van der Waals surface area contributed by atoms with Gasteiger partial charge in [-0.15, -0.1) is 0 Å². The maximum absolute atomic E-state index is 13.1. The van der Waals surface area contributed by atoms with E-state index in [-0.39, 0.29) is 19.1 Å². The highest BCUT2D eigenvalue weighted by molar-refractivity contribution is 7.89. The molecule has 0 unspecified atom stereocenters. The van der Waals surface area contributed by atoms with Crippen LogP contribution in [0.4, 0.5) is 10.1 Å². The molecule has 1 saturated heterocycles. The first-order chi connectivity index (χ1) is 9.32. The molecule has 1 aromatic carbocycles. The Bertz CT molecular complexity index is 635. The van der Waals surface area contributed by atoms with Gasteiger partial charge in [-0.3, -0.25) is 10.1 Å². The summed E-state index contributed by atoms with van der Waals surface area (Å²) in [7, 11) is -4.00. The van der Waals surface area contributed by atoms with E-state index in [4.69, 9.17) is 0 Å². The van der Waals surface area contributed by atoms with Crippen molar-refractivity contribution >= 4 is 15.7 Å². The van der Waals surface area contributed by atoms with Gasteiger partial charge in [-0.25, -0.2) is 12.8 Å². The van der Waals surface area contributed by atoms with E-state index < -0.39 is 31.3 Å². The number of piperazine rings is 1. The average Bonchev–Trinajstić information content (AvgIpc) is 2.38. The molecule has 2 rings (SSSR count). The number of nitro groups is 1. The highest BCUT2D eigenvalue weighted by Crippen LogP contribution is 2.27. The fourth-order valence-corrected chi connectivity index (χ4v) is 3.77. The zero-order valence-corrected chi connectivity index (χ0v) is 11.6. The van der Waals surface area contributed by atoms with Crippen LogP contribution in [0.25, 0.3) is 0 Å². The van der Waals surface area contributed by atoms with E-state index in [1.807, 2.05) is 6.92 Å². The molecule has 1 heterocycles. The van der Waals surface area contributed by atoms with Crippen molar-refractivity contribution < 1.29 is 17.7 Å². The van der Waals surface area contributed by atoms with Crippen molar-refractivity contribution in [3.63, 3.8) is 0 Å². The Hall–Kier alpha value is -1.58. The van der Waals surface area contributed by atoms with Gasteiger partial charge in [0.05, 0.1) is 11.0 Å². The van der Waals surface area contributed by atoms with E-state index in [9.17, 15) is 22.9 Å². The predicted octanol–water partition coefficient (Wildman–Crippen LogP) is 0.716. The molecule has 1 aliphatic rings. The standard InChI is InChI=1S/C11H14FN3O4S/c1-8-7-14(5-4-13-8)20(18,19)11-3-2-9(12)6-10(11)15(16)17/h2-3,6,8,13H,4-5,7H2,1H3/t8-/m0/s1. The summed E-state index contributed by atoms with van der Waals surface area (Å²) in [5, 5.41) is 14.0. The third-order valence-corrected chi connectivity index (χ3v) is 4.98. The number of nitrogens with one attached hydrogen (secondary N) is 1. The minimum absolute atomic E-state index is 0.0435. The third kappa shape index (κ3) is 2.79. The van der Waals surface area contributed by atoms with Crippen LogP contribution in [0.3, 0.4) is 0 Å². The molecule has 1 aliphatic heterocycles. The molecule has 0 radical (unpaired) electrons. The molecule has 110 valence electrons. The van der Waals surface area contributed by atoms with Gasteiger partial charge in [-0.05, 0) is 19.1 Å². The van der Waals surface area contributed by atoms with Gasteiger partial charge in [0.25, 0.3) is 5.69 Å². The first-order valence-corrected chi connectivity index (χ1v) is 7.44. The largest absolute Gasteiger partial charge is 0.312 e. The zero-order chi connectivity index (χ0) is 14.9. The van der Waals surface area contributed by atoms with Crippen LogP contribution in [-0.2, 0) is 10.0 Å². The van der Waals surface area contributed by atoms with Crippen LogP contribution in [0.15, 0.2) is 23.1 Å². The molecule has 9 heteroatoms. The molecule has 1 aromatic rings. The number of sulfonamides is 1. The van der Waals surface area contributed by atoms with Crippen LogP contribution >= 0.6 is 0 Å². The van der Waals surface area contributed by atoms with E-state index in [1.54, 1.807) is 0 Å². The lowest BCUT2D eigenvalue weighted by Crippen LogP contribution is -2.51. The van der Waals surface area contributed by atoms with Gasteiger partial charge in [0, 0.05) is 25.7 Å². The number of rotatable bonds is 3. The van der Waals surface area contributed by atoms with Gasteiger partial charge in [0.2, 0.25) is 10.0 Å². The third-order valence-electron chi connectivity index (χ3n) is 3.07. The second-order valence-electron chi connectivity index (χ2n) is 4.59. The second kappa shape index (κ2) is 5.43. The number of nitrogens with zero attached hydrogens (tertiary/aromatic N) is 2. The molecule has 0 aliphatic carbocycles. The molecule has 0 spiro atoms. The summed E-state index contributed by atoms with van der Waals surface area (Å²) in [6.45, 7) is 2.73. The van der Waals surface area contributed by atoms with Crippen molar-refractivity contribution in [1.29, 1.82) is 0 Å². The quantitative estimate of drug-likeness (QED) is 0.656. The van der Waals surface area contributed by atoms with Gasteiger partial charge in [0.15, 0.2) is 4.90 Å². The molecule has 7 nitrogen and oxygen atoms in total. The van der Waals surface area contributed by atoms with Crippen molar-refractivity contribution in [2.75, 3.05) is 19.6 Å². The Morgan fingerprint density at radius 2 is 2.20 bits per heavy atom. The fourth-order valence-electron chi connectivity index (χ4n) is 2.11. The molecule has 0 aromatic heterocycles. The van der Waals surface area contributed by atoms with E-state index in [1.165, 1.54) is 4.31 Å². The second-order valence-corrected chi connectivity index (χ2v) is 6.49. The van der Waals surface area contributed by atoms with E-state index in [0.717, 1.165) is 12.1 Å². The molecular formula is C11H14FN3O4S. The minimum Gasteiger partial charge on any atom is -0.312 e. The summed E-state index contributed by atoms with van der Waals surface area (Å²) in [4.78, 5) is 9.55. The molecular weight excluding hydrogens is 289 g/mol. The molecule has 20 heavy (non-hydrogen) atoms. The number of benzene rings is 1. The summed E-state index contributed by atoms with van der Waals surface area (Å²) in [5.74, 6) is -0.843. The van der Waals surface area contributed by atoms with Gasteiger partial charge >= 0.3 is 0 Å². The van der Waals surface area contributed by atoms with E-state index >= 15 is 0 Å². The summed E-state index contributed by atoms with van der Waals surface area (Å²) in [6.07, 6.45) is 0. The fraction of sp³-hybridized carbons (Fsp3) is 0.455. The number of hydrogen-bond donors (Lipinski definition) is 1. The van der Waals surface area contributed by atoms with Crippen molar-refractivity contribution in [2.45, 2.75) is 17.9 Å². The van der Waals surface area contributed by atoms with Crippen LogP contribution in [-0.4, -0.2) is 43.3 Å². The Balaban J connectivity index is 2.46. The first-order valence-electron chi connectivity index (χ1n) is 6.00. The maximum atomic E-state index is 13.1. The van der Waals surface area contributed by atoms with Crippen LogP contribution in [0.2, 0.25) is 0 Å². The smallest absolute Gasteiger partial charge is 0.292 e. The molecule has 1 N–H and O–H groups in total. The normalized spacial score (nSPS) is 20.8. The Labute approximate surface area is 115 Å². The van der Waals surface area contributed by atoms with Gasteiger partial charge in [0.1, 0.15) is 5.82 Å². The molecule has 0 bridgehead atoms. The zero-order valence-electron chi connectivity index (χ0n) is 10.7. The van der Waals surface area contributed by atoms with Crippen LogP contribution in [0, 0.1) is 15.9 Å². The highest BCUT2D eigenvalue weighted by atomic mass is 32.2. The SMILES string of the molecule is C[C@H]1CN(S(=O)(=O)c2ccc(F)cc2[N+](=O)[O-])CCN1. The van der Waals surface area contributed by atoms with Crippen LogP contribution < -0.4 is 5.32 Å². The van der Waals surface area contributed by atoms with Crippen molar-refractivity contribution in [3.8, 4) is 0 Å². The highest BCUT2D eigenvalue weighted by Gasteiger charge is 2.34. The maximum Gasteiger partial charge on any atom is 0.292 e. The lowest BCUT2D eigenvalue weighted by Gasteiger charge is -2.30. The summed E-state index contributed by atoms with van der Waals surface area (Å²) >= 11 is 0. The number of nitro benzene ring substituents is 1. The van der Waals surface area contributed by atoms with Gasteiger partial charge < -0.3 is 5.32 Å².